The van der Waals surface area contributed by atoms with Crippen molar-refractivity contribution in [3.63, 3.8) is 0 Å². The van der Waals surface area contributed by atoms with E-state index in [1.165, 1.54) is 16.4 Å². The lowest BCUT2D eigenvalue weighted by atomic mass is 10.3. The molecular formula is C17H26ClN4O4S+. The van der Waals surface area contributed by atoms with Crippen LogP contribution in [0.4, 0.5) is 0 Å². The van der Waals surface area contributed by atoms with Gasteiger partial charge in [-0.3, -0.25) is 9.59 Å². The first-order chi connectivity index (χ1) is 12.7. The minimum absolute atomic E-state index is 0.0227. The van der Waals surface area contributed by atoms with E-state index in [2.05, 4.69) is 10.6 Å². The van der Waals surface area contributed by atoms with Gasteiger partial charge in [0.25, 0.3) is 5.91 Å². The SMILES string of the molecule is CC(C)NC(=O)CNC(=O)C[NH+]1CCN(S(=O)(=O)c2cccc(Cl)c2)CC1. The zero-order chi connectivity index (χ0) is 20.0. The van der Waals surface area contributed by atoms with E-state index in [4.69, 9.17) is 11.6 Å². The monoisotopic (exact) mass is 417 g/mol. The first-order valence-corrected chi connectivity index (χ1v) is 10.7. The zero-order valence-corrected chi connectivity index (χ0v) is 17.1. The van der Waals surface area contributed by atoms with Gasteiger partial charge in [0, 0.05) is 11.1 Å². The number of halogens is 1. The smallest absolute Gasteiger partial charge is 0.275 e. The van der Waals surface area contributed by atoms with Crippen molar-refractivity contribution in [2.75, 3.05) is 39.3 Å². The number of rotatable bonds is 7. The number of piperazine rings is 1. The van der Waals surface area contributed by atoms with E-state index in [9.17, 15) is 18.0 Å². The molecule has 27 heavy (non-hydrogen) atoms. The molecule has 0 radical (unpaired) electrons. The van der Waals surface area contributed by atoms with Crippen LogP contribution in [-0.4, -0.2) is 69.8 Å². The van der Waals surface area contributed by atoms with Crippen LogP contribution in [0, 0.1) is 0 Å². The maximum atomic E-state index is 12.7. The maximum absolute atomic E-state index is 12.7. The van der Waals surface area contributed by atoms with Crippen LogP contribution in [0.25, 0.3) is 0 Å². The predicted molar refractivity (Wildman–Crippen MR) is 102 cm³/mol. The normalized spacial score (nSPS) is 16.3. The van der Waals surface area contributed by atoms with Gasteiger partial charge in [-0.2, -0.15) is 4.31 Å². The molecular weight excluding hydrogens is 392 g/mol. The predicted octanol–water partition coefficient (Wildman–Crippen LogP) is -1.13. The topological polar surface area (TPSA) is 100 Å². The third-order valence-corrected chi connectivity index (χ3v) is 6.30. The standard InChI is InChI=1S/C17H25ClN4O4S/c1-13(2)20-16(23)11-19-17(24)12-21-6-8-22(9-7-21)27(25,26)15-5-3-4-14(18)10-15/h3-5,10,13H,6-9,11-12H2,1-2H3,(H,19,24)(H,20,23)/p+1. The van der Waals surface area contributed by atoms with Crippen molar-refractivity contribution in [3.8, 4) is 0 Å². The molecule has 10 heteroatoms. The van der Waals surface area contributed by atoms with Crippen LogP contribution in [0.3, 0.4) is 0 Å². The number of amides is 2. The molecule has 0 saturated carbocycles. The van der Waals surface area contributed by atoms with Gasteiger partial charge in [0.1, 0.15) is 0 Å². The number of nitrogens with zero attached hydrogens (tertiary/aromatic N) is 1. The van der Waals surface area contributed by atoms with Crippen LogP contribution >= 0.6 is 11.6 Å². The van der Waals surface area contributed by atoms with E-state index in [1.54, 1.807) is 12.1 Å². The minimum Gasteiger partial charge on any atom is -0.352 e. The molecule has 0 spiro atoms. The fourth-order valence-electron chi connectivity index (χ4n) is 2.84. The molecule has 1 fully saturated rings. The van der Waals surface area contributed by atoms with Crippen molar-refractivity contribution in [2.24, 2.45) is 0 Å². The van der Waals surface area contributed by atoms with Crippen molar-refractivity contribution in [2.45, 2.75) is 24.8 Å². The molecule has 0 aromatic heterocycles. The molecule has 1 saturated heterocycles. The van der Waals surface area contributed by atoms with E-state index in [-0.39, 0.29) is 35.8 Å². The van der Waals surface area contributed by atoms with Gasteiger partial charge < -0.3 is 15.5 Å². The number of quaternary nitrogens is 1. The van der Waals surface area contributed by atoms with E-state index in [0.29, 0.717) is 31.2 Å². The highest BCUT2D eigenvalue weighted by Gasteiger charge is 2.31. The average molecular weight is 418 g/mol. The number of sulfonamides is 1. The van der Waals surface area contributed by atoms with Gasteiger partial charge in [0.05, 0.1) is 37.6 Å². The summed E-state index contributed by atoms with van der Waals surface area (Å²) in [6.45, 7) is 5.54. The van der Waals surface area contributed by atoms with Gasteiger partial charge in [-0.15, -0.1) is 0 Å². The second-order valence-corrected chi connectivity index (χ2v) is 9.16. The fraction of sp³-hybridized carbons (Fsp3) is 0.529. The van der Waals surface area contributed by atoms with E-state index >= 15 is 0 Å². The Bertz CT molecular complexity index is 777. The van der Waals surface area contributed by atoms with Gasteiger partial charge in [0.2, 0.25) is 15.9 Å². The number of hydrogen-bond donors (Lipinski definition) is 3. The summed E-state index contributed by atoms with van der Waals surface area (Å²) >= 11 is 5.89. The summed E-state index contributed by atoms with van der Waals surface area (Å²) < 4.78 is 26.7. The number of benzene rings is 1. The summed E-state index contributed by atoms with van der Waals surface area (Å²) in [5.41, 5.74) is 0. The molecule has 0 aliphatic carbocycles. The molecule has 0 atom stereocenters. The highest BCUT2D eigenvalue weighted by Crippen LogP contribution is 2.19. The maximum Gasteiger partial charge on any atom is 0.275 e. The fourth-order valence-corrected chi connectivity index (χ4v) is 4.58. The molecule has 1 aliphatic heterocycles. The summed E-state index contributed by atoms with van der Waals surface area (Å²) in [6, 6.07) is 6.22. The average Bonchev–Trinajstić information content (AvgIpc) is 2.60. The lowest BCUT2D eigenvalue weighted by molar-refractivity contribution is -0.895. The Balaban J connectivity index is 1.81. The minimum atomic E-state index is -3.59. The number of carbonyl (C=O) groups excluding carboxylic acids is 2. The molecule has 1 aromatic carbocycles. The third kappa shape index (κ3) is 6.46. The van der Waals surface area contributed by atoms with E-state index in [1.807, 2.05) is 13.8 Å². The Labute approximate surface area is 164 Å². The number of hydrogen-bond acceptors (Lipinski definition) is 4. The zero-order valence-electron chi connectivity index (χ0n) is 15.5. The van der Waals surface area contributed by atoms with Crippen LogP contribution < -0.4 is 15.5 Å². The first-order valence-electron chi connectivity index (χ1n) is 8.84. The van der Waals surface area contributed by atoms with Crippen LogP contribution in [0.2, 0.25) is 5.02 Å². The summed E-state index contributed by atoms with van der Waals surface area (Å²) in [6.07, 6.45) is 0. The Morgan fingerprint density at radius 3 is 2.48 bits per heavy atom. The molecule has 150 valence electrons. The van der Waals surface area contributed by atoms with Crippen LogP contribution in [0.15, 0.2) is 29.2 Å². The Hall–Kier alpha value is -1.68. The van der Waals surface area contributed by atoms with Gasteiger partial charge in [-0.25, -0.2) is 8.42 Å². The Morgan fingerprint density at radius 1 is 1.22 bits per heavy atom. The summed E-state index contributed by atoms with van der Waals surface area (Å²) in [5.74, 6) is -0.458. The lowest BCUT2D eigenvalue weighted by Crippen LogP contribution is -3.15. The van der Waals surface area contributed by atoms with Crippen LogP contribution in [0.1, 0.15) is 13.8 Å². The van der Waals surface area contributed by atoms with Gasteiger partial charge >= 0.3 is 0 Å². The molecule has 1 aromatic rings. The molecule has 0 unspecified atom stereocenters. The van der Waals surface area contributed by atoms with Crippen molar-refractivity contribution in [1.82, 2.24) is 14.9 Å². The van der Waals surface area contributed by atoms with Crippen LogP contribution in [-0.2, 0) is 19.6 Å². The quantitative estimate of drug-likeness (QED) is 0.522. The van der Waals surface area contributed by atoms with E-state index in [0.717, 1.165) is 4.90 Å². The van der Waals surface area contributed by atoms with Crippen molar-refractivity contribution in [1.29, 1.82) is 0 Å². The summed E-state index contributed by atoms with van der Waals surface area (Å²) in [4.78, 5) is 24.7. The summed E-state index contributed by atoms with van der Waals surface area (Å²) in [7, 11) is -3.59. The third-order valence-electron chi connectivity index (χ3n) is 4.17. The first kappa shape index (κ1) is 21.6. The molecule has 2 amide bonds. The molecule has 0 bridgehead atoms. The van der Waals surface area contributed by atoms with Crippen molar-refractivity contribution >= 4 is 33.4 Å². The highest BCUT2D eigenvalue weighted by molar-refractivity contribution is 7.89. The number of carbonyl (C=O) groups is 2. The molecule has 1 heterocycles. The molecule has 3 N–H and O–H groups in total. The van der Waals surface area contributed by atoms with Gasteiger partial charge in [-0.1, -0.05) is 17.7 Å². The van der Waals surface area contributed by atoms with Crippen LogP contribution in [0.5, 0.6) is 0 Å². The summed E-state index contributed by atoms with van der Waals surface area (Å²) in [5, 5.41) is 5.66. The van der Waals surface area contributed by atoms with Gasteiger partial charge in [0.15, 0.2) is 6.54 Å². The molecule has 2 rings (SSSR count). The molecule has 1 aliphatic rings. The Kier molecular flexibility index (Phi) is 7.60. The lowest BCUT2D eigenvalue weighted by Gasteiger charge is -2.31. The van der Waals surface area contributed by atoms with Gasteiger partial charge in [-0.05, 0) is 32.0 Å². The van der Waals surface area contributed by atoms with E-state index < -0.39 is 10.0 Å². The number of nitrogens with one attached hydrogen (secondary N) is 3. The molecule has 8 nitrogen and oxygen atoms in total. The van der Waals surface area contributed by atoms with Crippen molar-refractivity contribution in [3.05, 3.63) is 29.3 Å². The Morgan fingerprint density at radius 2 is 1.89 bits per heavy atom. The second kappa shape index (κ2) is 9.50. The largest absolute Gasteiger partial charge is 0.352 e. The van der Waals surface area contributed by atoms with Crippen molar-refractivity contribution < 1.29 is 22.9 Å². The highest BCUT2D eigenvalue weighted by atomic mass is 35.5. The second-order valence-electron chi connectivity index (χ2n) is 6.79.